The molecule has 4 heteroatoms. The Hall–Kier alpha value is -6.88. The van der Waals surface area contributed by atoms with Crippen molar-refractivity contribution in [2.24, 2.45) is 0 Å². The van der Waals surface area contributed by atoms with E-state index < -0.39 is 0 Å². The van der Waals surface area contributed by atoms with Gasteiger partial charge in [-0.05, 0) is 96.7 Å². The molecule has 256 valence electrons. The molecule has 0 fully saturated rings. The van der Waals surface area contributed by atoms with Gasteiger partial charge in [-0.3, -0.25) is 0 Å². The molecule has 0 N–H and O–H groups in total. The van der Waals surface area contributed by atoms with E-state index in [-0.39, 0.29) is 0 Å². The van der Waals surface area contributed by atoms with Crippen LogP contribution in [0.2, 0.25) is 0 Å². The summed E-state index contributed by atoms with van der Waals surface area (Å²) < 4.78 is 0. The van der Waals surface area contributed by atoms with E-state index in [0.717, 1.165) is 32.8 Å². The number of hydrogen-bond acceptors (Lipinski definition) is 4. The molecule has 11 rings (SSSR count). The predicted octanol–water partition coefficient (Wildman–Crippen LogP) is 13.8. The third kappa shape index (κ3) is 5.58. The van der Waals surface area contributed by atoms with Crippen LogP contribution >= 0.6 is 11.8 Å². The number of fused-ring (bicyclic) bond motifs is 4. The maximum absolute atomic E-state index is 5.21. The van der Waals surface area contributed by atoms with Crippen molar-refractivity contribution in [3.05, 3.63) is 188 Å². The second kappa shape index (κ2) is 12.9. The van der Waals surface area contributed by atoms with E-state index in [9.17, 15) is 0 Å². The zero-order valence-corrected chi connectivity index (χ0v) is 30.5. The highest BCUT2D eigenvalue weighted by Gasteiger charge is 2.23. The fourth-order valence-corrected chi connectivity index (χ4v) is 9.10. The molecule has 0 amide bonds. The molecule has 0 aliphatic carbocycles. The highest BCUT2D eigenvalue weighted by atomic mass is 32.2. The van der Waals surface area contributed by atoms with E-state index >= 15 is 0 Å². The fourth-order valence-electron chi connectivity index (χ4n) is 7.93. The SMILES string of the molecule is c1ccc(-c2cccc(-c3ccc4c(c3)Sc3ccc(-c5nc(-c6ccc7ccccc7c6)nc(-c6ccc7ccccc7c6)n5)c5cccc-4c35)c2)cc1. The van der Waals surface area contributed by atoms with Gasteiger partial charge >= 0.3 is 0 Å². The Morgan fingerprint density at radius 1 is 0.291 bits per heavy atom. The van der Waals surface area contributed by atoms with E-state index in [1.165, 1.54) is 59.3 Å². The monoisotopic (exact) mass is 717 g/mol. The van der Waals surface area contributed by atoms with Crippen molar-refractivity contribution in [2.75, 3.05) is 0 Å². The fraction of sp³-hybridized carbons (Fsp3) is 0. The topological polar surface area (TPSA) is 38.7 Å². The highest BCUT2D eigenvalue weighted by molar-refractivity contribution is 7.99. The summed E-state index contributed by atoms with van der Waals surface area (Å²) in [5.74, 6) is 1.97. The van der Waals surface area contributed by atoms with E-state index in [4.69, 9.17) is 15.0 Å². The summed E-state index contributed by atoms with van der Waals surface area (Å²) in [4.78, 5) is 18.0. The van der Waals surface area contributed by atoms with E-state index in [0.29, 0.717) is 17.5 Å². The summed E-state index contributed by atoms with van der Waals surface area (Å²) in [7, 11) is 0. The van der Waals surface area contributed by atoms with Gasteiger partial charge in [0.1, 0.15) is 0 Å². The lowest BCUT2D eigenvalue weighted by atomic mass is 9.93. The van der Waals surface area contributed by atoms with Gasteiger partial charge in [0.2, 0.25) is 0 Å². The molecule has 0 unspecified atom stereocenters. The number of nitrogens with zero attached hydrogens (tertiary/aromatic N) is 3. The minimum atomic E-state index is 0.656. The molecule has 0 saturated heterocycles. The standard InChI is InChI=1S/C51H31N3S/c1-2-10-32(11-3-1)37-16-8-17-38(28-37)39-24-25-42-43-18-9-19-44-45(26-27-46(48(43)44)55-47(42)31-39)51-53-49(40-22-20-33-12-4-6-14-35(33)29-40)52-50(54-51)41-23-21-34-13-5-7-15-36(34)30-41/h1-31H. The summed E-state index contributed by atoms with van der Waals surface area (Å²) in [5.41, 5.74) is 10.2. The summed E-state index contributed by atoms with van der Waals surface area (Å²) in [6, 6.07) is 67.0. The maximum Gasteiger partial charge on any atom is 0.164 e. The molecular formula is C51H31N3S. The van der Waals surface area contributed by atoms with Gasteiger partial charge in [-0.2, -0.15) is 0 Å². The van der Waals surface area contributed by atoms with Crippen LogP contribution in [0.4, 0.5) is 0 Å². The number of aromatic nitrogens is 3. The lowest BCUT2D eigenvalue weighted by molar-refractivity contribution is 1.08. The first kappa shape index (κ1) is 31.6. The van der Waals surface area contributed by atoms with Crippen LogP contribution in [0.15, 0.2) is 198 Å². The largest absolute Gasteiger partial charge is 0.208 e. The Morgan fingerprint density at radius 2 is 0.836 bits per heavy atom. The molecule has 1 aromatic heterocycles. The lowest BCUT2D eigenvalue weighted by Crippen LogP contribution is -2.01. The van der Waals surface area contributed by atoms with Crippen LogP contribution in [0.25, 0.3) is 99.9 Å². The van der Waals surface area contributed by atoms with Gasteiger partial charge in [0.15, 0.2) is 17.5 Å². The first-order valence-corrected chi connectivity index (χ1v) is 19.3. The zero-order valence-electron chi connectivity index (χ0n) is 29.6. The normalized spacial score (nSPS) is 11.9. The molecule has 0 radical (unpaired) electrons. The van der Waals surface area contributed by atoms with Gasteiger partial charge in [-0.15, -0.1) is 0 Å². The zero-order chi connectivity index (χ0) is 36.3. The van der Waals surface area contributed by atoms with E-state index in [2.05, 4.69) is 188 Å². The number of rotatable bonds is 5. The van der Waals surface area contributed by atoms with Crippen molar-refractivity contribution < 1.29 is 0 Å². The molecule has 55 heavy (non-hydrogen) atoms. The summed E-state index contributed by atoms with van der Waals surface area (Å²) in [6.07, 6.45) is 0. The van der Waals surface area contributed by atoms with Crippen LogP contribution in [0.5, 0.6) is 0 Å². The minimum absolute atomic E-state index is 0.656. The van der Waals surface area contributed by atoms with Crippen molar-refractivity contribution >= 4 is 44.1 Å². The smallest absolute Gasteiger partial charge is 0.164 e. The number of benzene rings is 9. The molecule has 0 bridgehead atoms. The Bertz CT molecular complexity index is 3040. The molecule has 0 saturated carbocycles. The number of hydrogen-bond donors (Lipinski definition) is 0. The van der Waals surface area contributed by atoms with E-state index in [1.54, 1.807) is 0 Å². The van der Waals surface area contributed by atoms with Crippen LogP contribution in [0.1, 0.15) is 0 Å². The van der Waals surface area contributed by atoms with Gasteiger partial charge in [0.25, 0.3) is 0 Å². The van der Waals surface area contributed by atoms with Crippen molar-refractivity contribution in [3.63, 3.8) is 0 Å². The average molecular weight is 718 g/mol. The minimum Gasteiger partial charge on any atom is -0.208 e. The second-order valence-corrected chi connectivity index (χ2v) is 15.1. The highest BCUT2D eigenvalue weighted by Crippen LogP contribution is 2.50. The van der Waals surface area contributed by atoms with Crippen molar-refractivity contribution in [1.82, 2.24) is 15.0 Å². The summed E-state index contributed by atoms with van der Waals surface area (Å²) in [5, 5.41) is 7.04. The average Bonchev–Trinajstić information content (AvgIpc) is 3.26. The molecular weight excluding hydrogens is 687 g/mol. The van der Waals surface area contributed by atoms with Crippen LogP contribution in [-0.2, 0) is 0 Å². The molecule has 0 spiro atoms. The lowest BCUT2D eigenvalue weighted by Gasteiger charge is -2.22. The molecule has 9 aromatic carbocycles. The Labute approximate surface area is 323 Å². The molecule has 1 aliphatic rings. The first-order chi connectivity index (χ1) is 27.2. The van der Waals surface area contributed by atoms with Crippen LogP contribution in [0, 0.1) is 0 Å². The van der Waals surface area contributed by atoms with E-state index in [1.807, 2.05) is 11.8 Å². The summed E-state index contributed by atoms with van der Waals surface area (Å²) >= 11 is 1.84. The molecule has 2 heterocycles. The third-order valence-electron chi connectivity index (χ3n) is 10.7. The second-order valence-electron chi connectivity index (χ2n) is 14.0. The third-order valence-corrected chi connectivity index (χ3v) is 11.8. The van der Waals surface area contributed by atoms with Gasteiger partial charge in [-0.25, -0.2) is 15.0 Å². The Morgan fingerprint density at radius 3 is 1.55 bits per heavy atom. The van der Waals surface area contributed by atoms with Crippen LogP contribution in [-0.4, -0.2) is 15.0 Å². The van der Waals surface area contributed by atoms with Crippen LogP contribution in [0.3, 0.4) is 0 Å². The Balaban J connectivity index is 1.05. The van der Waals surface area contributed by atoms with Gasteiger partial charge in [-0.1, -0.05) is 163 Å². The molecule has 0 atom stereocenters. The quantitative estimate of drug-likeness (QED) is 0.178. The van der Waals surface area contributed by atoms with Crippen molar-refractivity contribution in [3.8, 4) is 67.5 Å². The predicted molar refractivity (Wildman–Crippen MR) is 229 cm³/mol. The molecule has 1 aliphatic heterocycles. The van der Waals surface area contributed by atoms with Gasteiger partial charge < -0.3 is 0 Å². The summed E-state index contributed by atoms with van der Waals surface area (Å²) in [6.45, 7) is 0. The molecule has 10 aromatic rings. The van der Waals surface area contributed by atoms with Crippen molar-refractivity contribution in [1.29, 1.82) is 0 Å². The van der Waals surface area contributed by atoms with Gasteiger partial charge in [0.05, 0.1) is 0 Å². The van der Waals surface area contributed by atoms with Crippen LogP contribution < -0.4 is 0 Å². The Kier molecular flexibility index (Phi) is 7.42. The first-order valence-electron chi connectivity index (χ1n) is 18.5. The molecule has 3 nitrogen and oxygen atoms in total. The maximum atomic E-state index is 5.21. The van der Waals surface area contributed by atoms with Gasteiger partial charge in [0, 0.05) is 31.9 Å². The van der Waals surface area contributed by atoms with Crippen molar-refractivity contribution in [2.45, 2.75) is 9.79 Å².